The fourth-order valence-electron chi connectivity index (χ4n) is 2.65. The van der Waals surface area contributed by atoms with Crippen LogP contribution in [0.15, 0.2) is 51.7 Å². The molecule has 5 nitrogen and oxygen atoms in total. The maximum absolute atomic E-state index is 11.5. The van der Waals surface area contributed by atoms with Crippen LogP contribution in [0, 0.1) is 5.92 Å². The van der Waals surface area contributed by atoms with Crippen LogP contribution >= 0.6 is 11.3 Å². The van der Waals surface area contributed by atoms with Gasteiger partial charge in [-0.15, -0.1) is 11.3 Å². The third-order valence-corrected chi connectivity index (χ3v) is 6.12. The fourth-order valence-corrected chi connectivity index (χ4v) is 4.15. The molecular weight excluding hydrogens is 378 g/mol. The zero-order valence-electron chi connectivity index (χ0n) is 16.2. The van der Waals surface area contributed by atoms with Crippen LogP contribution in [-0.2, 0) is 22.7 Å². The molecule has 1 heterocycles. The summed E-state index contributed by atoms with van der Waals surface area (Å²) >= 11 is 1.79. The van der Waals surface area contributed by atoms with Crippen molar-refractivity contribution in [1.82, 2.24) is 10.6 Å². The van der Waals surface area contributed by atoms with Crippen LogP contribution in [0.3, 0.4) is 0 Å². The third kappa shape index (κ3) is 7.72. The van der Waals surface area contributed by atoms with Crippen LogP contribution < -0.4 is 10.6 Å². The molecule has 0 bridgehead atoms. The van der Waals surface area contributed by atoms with Crippen LogP contribution in [0.2, 0.25) is 0 Å². The lowest BCUT2D eigenvalue weighted by Gasteiger charge is -2.13. The highest BCUT2D eigenvalue weighted by molar-refractivity contribution is 7.90. The quantitative estimate of drug-likeness (QED) is 0.495. The molecule has 2 aromatic rings. The van der Waals surface area contributed by atoms with Crippen molar-refractivity contribution in [2.24, 2.45) is 10.9 Å². The van der Waals surface area contributed by atoms with Gasteiger partial charge < -0.3 is 10.6 Å². The number of nitrogens with zero attached hydrogens (tertiary/aromatic N) is 1. The first-order valence-electron chi connectivity index (χ1n) is 9.22. The normalized spacial score (nSPS) is 13.4. The lowest BCUT2D eigenvalue weighted by atomic mass is 10.1. The molecule has 1 aromatic carbocycles. The predicted octanol–water partition coefficient (Wildman–Crippen LogP) is 3.13. The van der Waals surface area contributed by atoms with Crippen molar-refractivity contribution >= 4 is 27.1 Å². The van der Waals surface area contributed by atoms with Gasteiger partial charge in [-0.05, 0) is 54.8 Å². The van der Waals surface area contributed by atoms with E-state index >= 15 is 0 Å². The first-order valence-corrected chi connectivity index (χ1v) is 12.0. The summed E-state index contributed by atoms with van der Waals surface area (Å²) in [6.45, 7) is 6.60. The molecule has 0 fully saturated rings. The fraction of sp³-hybridized carbons (Fsp3) is 0.450. The number of guanidine groups is 1. The molecule has 148 valence electrons. The van der Waals surface area contributed by atoms with Crippen molar-refractivity contribution in [1.29, 1.82) is 0 Å². The minimum absolute atomic E-state index is 0.355. The summed E-state index contributed by atoms with van der Waals surface area (Å²) in [6.07, 6.45) is 3.08. The summed E-state index contributed by atoms with van der Waals surface area (Å²) in [5, 5.41) is 8.74. The number of nitrogens with one attached hydrogen (secondary N) is 2. The molecule has 0 saturated heterocycles. The highest BCUT2D eigenvalue weighted by Gasteiger charge is 2.07. The van der Waals surface area contributed by atoms with Crippen LogP contribution in [0.4, 0.5) is 0 Å². The Bertz CT molecular complexity index is 813. The van der Waals surface area contributed by atoms with E-state index in [-0.39, 0.29) is 0 Å². The number of thiophene rings is 1. The second-order valence-corrected chi connectivity index (χ2v) is 9.75. The van der Waals surface area contributed by atoms with Crippen molar-refractivity contribution in [3.8, 4) is 0 Å². The van der Waals surface area contributed by atoms with Gasteiger partial charge in [0.05, 0.1) is 4.90 Å². The lowest BCUT2D eigenvalue weighted by molar-refractivity contribution is 0.595. The molecule has 0 radical (unpaired) electrons. The Morgan fingerprint density at radius 2 is 1.93 bits per heavy atom. The summed E-state index contributed by atoms with van der Waals surface area (Å²) < 4.78 is 23.0. The predicted molar refractivity (Wildman–Crippen MR) is 114 cm³/mol. The van der Waals surface area contributed by atoms with Crippen LogP contribution in [0.25, 0.3) is 0 Å². The number of sulfone groups is 1. The first kappa shape index (κ1) is 21.4. The summed E-state index contributed by atoms with van der Waals surface area (Å²) in [5.74, 6) is 1.31. The third-order valence-electron chi connectivity index (χ3n) is 4.09. The van der Waals surface area contributed by atoms with E-state index in [9.17, 15) is 8.42 Å². The average molecular weight is 408 g/mol. The second kappa shape index (κ2) is 10.5. The molecular formula is C20H29N3O2S2. The minimum atomic E-state index is -3.14. The number of hydrogen-bond donors (Lipinski definition) is 2. The van der Waals surface area contributed by atoms with Gasteiger partial charge in [0.25, 0.3) is 0 Å². The van der Waals surface area contributed by atoms with Crippen molar-refractivity contribution in [3.63, 3.8) is 0 Å². The SMILES string of the molecule is CCNC(=NCC(C)Cc1cccs1)NCCc1ccc(S(C)(=O)=O)cc1. The largest absolute Gasteiger partial charge is 0.357 e. The number of rotatable bonds is 9. The molecule has 0 aliphatic rings. The molecule has 1 atom stereocenters. The van der Waals surface area contributed by atoms with Gasteiger partial charge in [0.2, 0.25) is 0 Å². The molecule has 2 rings (SSSR count). The Morgan fingerprint density at radius 3 is 2.52 bits per heavy atom. The van der Waals surface area contributed by atoms with Gasteiger partial charge >= 0.3 is 0 Å². The van der Waals surface area contributed by atoms with Gasteiger partial charge in [0.15, 0.2) is 15.8 Å². The highest BCUT2D eigenvalue weighted by Crippen LogP contribution is 2.14. The van der Waals surface area contributed by atoms with E-state index < -0.39 is 9.84 Å². The van der Waals surface area contributed by atoms with Gasteiger partial charge in [-0.2, -0.15) is 0 Å². The molecule has 1 unspecified atom stereocenters. The molecule has 0 saturated carbocycles. The van der Waals surface area contributed by atoms with E-state index in [1.54, 1.807) is 23.5 Å². The summed E-state index contributed by atoms with van der Waals surface area (Å²) in [5.41, 5.74) is 1.09. The van der Waals surface area contributed by atoms with Gasteiger partial charge in [-0.3, -0.25) is 4.99 Å². The van der Waals surface area contributed by atoms with Gasteiger partial charge in [0.1, 0.15) is 0 Å². The maximum atomic E-state index is 11.5. The summed E-state index contributed by atoms with van der Waals surface area (Å²) in [6, 6.07) is 11.3. The number of benzene rings is 1. The van der Waals surface area contributed by atoms with Crippen LogP contribution in [0.1, 0.15) is 24.3 Å². The molecule has 0 amide bonds. The Balaban J connectivity index is 1.82. The Morgan fingerprint density at radius 1 is 1.19 bits per heavy atom. The molecule has 27 heavy (non-hydrogen) atoms. The monoisotopic (exact) mass is 407 g/mol. The van der Waals surface area contributed by atoms with Gasteiger partial charge in [0, 0.05) is 30.8 Å². The average Bonchev–Trinajstić information content (AvgIpc) is 3.12. The Kier molecular flexibility index (Phi) is 8.31. The van der Waals surface area contributed by atoms with Crippen molar-refractivity contribution in [2.75, 3.05) is 25.9 Å². The second-order valence-electron chi connectivity index (χ2n) is 6.70. The van der Waals surface area contributed by atoms with Gasteiger partial charge in [-0.1, -0.05) is 25.1 Å². The zero-order chi connectivity index (χ0) is 19.7. The molecule has 7 heteroatoms. The molecule has 1 aromatic heterocycles. The van der Waals surface area contributed by atoms with E-state index in [0.29, 0.717) is 10.8 Å². The van der Waals surface area contributed by atoms with Crippen molar-refractivity contribution < 1.29 is 8.42 Å². The van der Waals surface area contributed by atoms with Gasteiger partial charge in [-0.25, -0.2) is 8.42 Å². The van der Waals surface area contributed by atoms with E-state index in [1.807, 2.05) is 12.1 Å². The topological polar surface area (TPSA) is 70.6 Å². The van der Waals surface area contributed by atoms with Crippen molar-refractivity contribution in [2.45, 2.75) is 31.6 Å². The van der Waals surface area contributed by atoms with Crippen LogP contribution in [0.5, 0.6) is 0 Å². The zero-order valence-corrected chi connectivity index (χ0v) is 17.9. The minimum Gasteiger partial charge on any atom is -0.357 e. The number of hydrogen-bond acceptors (Lipinski definition) is 4. The molecule has 0 aliphatic heterocycles. The molecule has 2 N–H and O–H groups in total. The Labute approximate surface area is 166 Å². The Hall–Kier alpha value is -1.86. The van der Waals surface area contributed by atoms with E-state index in [0.717, 1.165) is 44.0 Å². The van der Waals surface area contributed by atoms with E-state index in [1.165, 1.54) is 11.1 Å². The van der Waals surface area contributed by atoms with Crippen LogP contribution in [-0.4, -0.2) is 40.3 Å². The highest BCUT2D eigenvalue weighted by atomic mass is 32.2. The molecule has 0 aliphatic carbocycles. The van der Waals surface area contributed by atoms with E-state index in [4.69, 9.17) is 4.99 Å². The standard InChI is InChI=1S/C20H29N3O2S2/c1-4-21-20(23-15-16(2)14-18-6-5-13-26-18)22-12-11-17-7-9-19(10-8-17)27(3,24)25/h5-10,13,16H,4,11-12,14-15H2,1-3H3,(H2,21,22,23). The number of aliphatic imine (C=N–C) groups is 1. The van der Waals surface area contributed by atoms with Crippen molar-refractivity contribution in [3.05, 3.63) is 52.2 Å². The lowest BCUT2D eigenvalue weighted by Crippen LogP contribution is -2.38. The summed E-state index contributed by atoms with van der Waals surface area (Å²) in [4.78, 5) is 6.44. The van der Waals surface area contributed by atoms with E-state index in [2.05, 4.69) is 42.0 Å². The summed E-state index contributed by atoms with van der Waals surface area (Å²) in [7, 11) is -3.14. The molecule has 0 spiro atoms. The maximum Gasteiger partial charge on any atom is 0.191 e. The smallest absolute Gasteiger partial charge is 0.191 e. The first-order chi connectivity index (χ1) is 12.9.